The van der Waals surface area contributed by atoms with E-state index in [9.17, 15) is 9.90 Å². The first-order chi connectivity index (χ1) is 10.1. The van der Waals surface area contributed by atoms with Gasteiger partial charge in [-0.1, -0.05) is 37.1 Å². The maximum absolute atomic E-state index is 12.3. The van der Waals surface area contributed by atoms with Gasteiger partial charge in [0.2, 0.25) is 5.91 Å². The van der Waals surface area contributed by atoms with E-state index >= 15 is 0 Å². The van der Waals surface area contributed by atoms with Crippen LogP contribution in [0.15, 0.2) is 24.3 Å². The number of halogens is 1. The number of fused-ring (bicyclic) bond motifs is 1. The van der Waals surface area contributed by atoms with E-state index in [1.807, 2.05) is 24.3 Å². The molecule has 4 atom stereocenters. The number of nitrogens with one attached hydrogen (secondary N) is 1. The third-order valence-electron chi connectivity index (χ3n) is 4.94. The van der Waals surface area contributed by atoms with Crippen LogP contribution in [0.25, 0.3) is 0 Å². The largest absolute Gasteiger partial charge is 0.390 e. The zero-order valence-corrected chi connectivity index (χ0v) is 13.5. The smallest absolute Gasteiger partial charge is 0.220 e. The maximum Gasteiger partial charge on any atom is 0.220 e. The Labute approximate surface area is 137 Å². The highest BCUT2D eigenvalue weighted by Gasteiger charge is 2.33. The summed E-state index contributed by atoms with van der Waals surface area (Å²) in [5, 5.41) is 13.2. The number of carbonyl (C=O) groups is 1. The van der Waals surface area contributed by atoms with Gasteiger partial charge in [0.25, 0.3) is 0 Å². The van der Waals surface area contributed by atoms with Crippen molar-refractivity contribution in [1.29, 1.82) is 0 Å². The zero-order chi connectivity index (χ0) is 14.8. The molecule has 1 aromatic carbocycles. The monoisotopic (exact) mass is 324 g/mol. The summed E-state index contributed by atoms with van der Waals surface area (Å²) < 4.78 is 0. The van der Waals surface area contributed by atoms with Gasteiger partial charge in [0, 0.05) is 18.9 Å². The number of nitrogens with two attached hydrogens (primary N) is 1. The normalized spacial score (nSPS) is 30.3. The molecule has 0 radical (unpaired) electrons. The summed E-state index contributed by atoms with van der Waals surface area (Å²) in [5.41, 5.74) is 8.29. The van der Waals surface area contributed by atoms with E-state index < -0.39 is 6.10 Å². The van der Waals surface area contributed by atoms with Gasteiger partial charge >= 0.3 is 0 Å². The summed E-state index contributed by atoms with van der Waals surface area (Å²) in [6, 6.07) is 7.80. The lowest BCUT2D eigenvalue weighted by molar-refractivity contribution is -0.123. The van der Waals surface area contributed by atoms with Gasteiger partial charge in [-0.2, -0.15) is 0 Å². The minimum Gasteiger partial charge on any atom is -0.390 e. The van der Waals surface area contributed by atoms with Crippen LogP contribution < -0.4 is 11.1 Å². The van der Waals surface area contributed by atoms with Crippen LogP contribution in [0, 0.1) is 5.92 Å². The first-order valence-electron chi connectivity index (χ1n) is 7.96. The summed E-state index contributed by atoms with van der Waals surface area (Å²) in [6.45, 7) is 0. The van der Waals surface area contributed by atoms with Crippen LogP contribution in [0.4, 0.5) is 0 Å². The molecule has 122 valence electrons. The molecule has 0 heterocycles. The van der Waals surface area contributed by atoms with Crippen LogP contribution in [0.3, 0.4) is 0 Å². The third-order valence-corrected chi connectivity index (χ3v) is 4.94. The molecule has 0 spiro atoms. The third kappa shape index (κ3) is 3.62. The lowest BCUT2D eigenvalue weighted by Gasteiger charge is -2.28. The molecule has 22 heavy (non-hydrogen) atoms. The highest BCUT2D eigenvalue weighted by atomic mass is 35.5. The molecule has 0 bridgehead atoms. The molecular formula is C17H25ClN2O2. The second-order valence-corrected chi connectivity index (χ2v) is 6.43. The topological polar surface area (TPSA) is 75.4 Å². The predicted octanol–water partition coefficient (Wildman–Crippen LogP) is 2.09. The summed E-state index contributed by atoms with van der Waals surface area (Å²) in [5.74, 6) is 0.297. The Morgan fingerprint density at radius 3 is 2.77 bits per heavy atom. The number of hydrogen-bond donors (Lipinski definition) is 3. The van der Waals surface area contributed by atoms with Gasteiger partial charge in [0.1, 0.15) is 0 Å². The molecule has 5 heteroatoms. The number of aliphatic hydroxyl groups is 1. The Hall–Kier alpha value is -1.10. The highest BCUT2D eigenvalue weighted by Crippen LogP contribution is 2.32. The van der Waals surface area contributed by atoms with Crippen molar-refractivity contribution in [3.8, 4) is 0 Å². The van der Waals surface area contributed by atoms with Crippen molar-refractivity contribution in [2.45, 2.75) is 56.7 Å². The van der Waals surface area contributed by atoms with Crippen molar-refractivity contribution in [3.05, 3.63) is 35.4 Å². The lowest BCUT2D eigenvalue weighted by Crippen LogP contribution is -2.39. The summed E-state index contributed by atoms with van der Waals surface area (Å²) in [4.78, 5) is 12.3. The maximum atomic E-state index is 12.3. The Morgan fingerprint density at radius 1 is 1.27 bits per heavy atom. The molecule has 0 aliphatic heterocycles. The number of carbonyl (C=O) groups excluding carboxylic acids is 1. The number of amides is 1. The van der Waals surface area contributed by atoms with E-state index in [4.69, 9.17) is 5.73 Å². The van der Waals surface area contributed by atoms with E-state index in [1.54, 1.807) is 0 Å². The fourth-order valence-corrected chi connectivity index (χ4v) is 3.71. The van der Waals surface area contributed by atoms with Gasteiger partial charge < -0.3 is 16.2 Å². The zero-order valence-electron chi connectivity index (χ0n) is 12.7. The van der Waals surface area contributed by atoms with Crippen molar-refractivity contribution in [3.63, 3.8) is 0 Å². The highest BCUT2D eigenvalue weighted by molar-refractivity contribution is 5.85. The Bertz CT molecular complexity index is 523. The molecule has 4 N–H and O–H groups in total. The molecule has 3 rings (SSSR count). The molecular weight excluding hydrogens is 300 g/mol. The van der Waals surface area contributed by atoms with Gasteiger partial charge in [-0.15, -0.1) is 12.4 Å². The number of aliphatic hydroxyl groups excluding tert-OH is 1. The standard InChI is InChI=1S/C17H24N2O2.ClH/c18-14-8-4-2-6-12(14)10-16(21)19-17-13-7-3-1-5-11(13)9-15(17)20;/h1,3,5,7,12,14-15,17,20H,2,4,6,8-10,18H2,(H,19,21);1H/t12?,14?,15-,17+;/m0./s1. The fraction of sp³-hybridized carbons (Fsp3) is 0.588. The molecule has 0 aromatic heterocycles. The van der Waals surface area contributed by atoms with Gasteiger partial charge in [0.05, 0.1) is 12.1 Å². The van der Waals surface area contributed by atoms with E-state index in [0.717, 1.165) is 24.0 Å². The average Bonchev–Trinajstić information content (AvgIpc) is 2.78. The van der Waals surface area contributed by atoms with Gasteiger partial charge in [-0.3, -0.25) is 4.79 Å². The summed E-state index contributed by atoms with van der Waals surface area (Å²) in [7, 11) is 0. The first kappa shape index (κ1) is 17.3. The van der Waals surface area contributed by atoms with Crippen LogP contribution in [0.1, 0.15) is 49.3 Å². The quantitative estimate of drug-likeness (QED) is 0.797. The first-order valence-corrected chi connectivity index (χ1v) is 7.96. The van der Waals surface area contributed by atoms with Crippen LogP contribution >= 0.6 is 12.4 Å². The lowest BCUT2D eigenvalue weighted by atomic mass is 9.83. The minimum absolute atomic E-state index is 0. The molecule has 1 saturated carbocycles. The molecule has 2 unspecified atom stereocenters. The average molecular weight is 325 g/mol. The molecule has 1 fully saturated rings. The number of hydrogen-bond acceptors (Lipinski definition) is 3. The van der Waals surface area contributed by atoms with Gasteiger partial charge in [0.15, 0.2) is 0 Å². The molecule has 2 aliphatic carbocycles. The van der Waals surface area contributed by atoms with E-state index in [-0.39, 0.29) is 36.3 Å². The van der Waals surface area contributed by atoms with Crippen molar-refractivity contribution < 1.29 is 9.90 Å². The van der Waals surface area contributed by atoms with Crippen molar-refractivity contribution in [2.75, 3.05) is 0 Å². The Morgan fingerprint density at radius 2 is 2.00 bits per heavy atom. The molecule has 1 amide bonds. The van der Waals surface area contributed by atoms with Crippen molar-refractivity contribution in [2.24, 2.45) is 11.7 Å². The second kappa shape index (κ2) is 7.44. The van der Waals surface area contributed by atoms with Crippen LogP contribution in [-0.2, 0) is 11.2 Å². The van der Waals surface area contributed by atoms with E-state index in [0.29, 0.717) is 12.8 Å². The van der Waals surface area contributed by atoms with E-state index in [2.05, 4.69) is 5.32 Å². The van der Waals surface area contributed by atoms with Gasteiger partial charge in [-0.05, 0) is 29.9 Å². The minimum atomic E-state index is -0.522. The SMILES string of the molecule is Cl.NC1CCCCC1CC(=O)N[C@@H]1c2ccccc2C[C@@H]1O. The summed E-state index contributed by atoms with van der Waals surface area (Å²) >= 11 is 0. The fourth-order valence-electron chi connectivity index (χ4n) is 3.71. The van der Waals surface area contributed by atoms with Crippen molar-refractivity contribution in [1.82, 2.24) is 5.32 Å². The number of benzene rings is 1. The van der Waals surface area contributed by atoms with E-state index in [1.165, 1.54) is 12.8 Å². The van der Waals surface area contributed by atoms with Crippen molar-refractivity contribution >= 4 is 18.3 Å². The summed E-state index contributed by atoms with van der Waals surface area (Å²) in [6.07, 6.45) is 4.97. The Balaban J connectivity index is 0.00000176. The molecule has 0 saturated heterocycles. The molecule has 1 aromatic rings. The van der Waals surface area contributed by atoms with Crippen LogP contribution in [0.5, 0.6) is 0 Å². The van der Waals surface area contributed by atoms with Crippen LogP contribution in [0.2, 0.25) is 0 Å². The number of rotatable bonds is 3. The Kier molecular flexibility index (Phi) is 5.84. The predicted molar refractivity (Wildman–Crippen MR) is 88.8 cm³/mol. The molecule has 2 aliphatic rings. The second-order valence-electron chi connectivity index (χ2n) is 6.43. The van der Waals surface area contributed by atoms with Crippen LogP contribution in [-0.4, -0.2) is 23.2 Å². The molecule has 4 nitrogen and oxygen atoms in total. The van der Waals surface area contributed by atoms with Gasteiger partial charge in [-0.25, -0.2) is 0 Å².